The topological polar surface area (TPSA) is 143 Å². The van der Waals surface area contributed by atoms with Gasteiger partial charge in [-0.15, -0.1) is 0 Å². The van der Waals surface area contributed by atoms with Crippen molar-refractivity contribution in [3.8, 4) is 5.69 Å². The van der Waals surface area contributed by atoms with Crippen LogP contribution in [-0.2, 0) is 17.4 Å². The van der Waals surface area contributed by atoms with E-state index in [1.165, 1.54) is 29.3 Å². The first-order valence-corrected chi connectivity index (χ1v) is 15.1. The number of carbonyl (C=O) groups is 2. The third-order valence-corrected chi connectivity index (χ3v) is 9.24. The SMILES string of the molecule is CCC(Cc1ccc(-n2ccc(NC(=O)N3CCN(C(=O)C(C)(C)N)CC3)nc2=O)cc1C(F)(F)F)N1CC2C(CN)C2C1. The first-order chi connectivity index (χ1) is 20.7. The number of benzene rings is 1. The summed E-state index contributed by atoms with van der Waals surface area (Å²) >= 11 is 0. The summed E-state index contributed by atoms with van der Waals surface area (Å²) in [4.78, 5) is 47.3. The molecule has 44 heavy (non-hydrogen) atoms. The van der Waals surface area contributed by atoms with Crippen molar-refractivity contribution in [1.29, 1.82) is 0 Å². The number of nitrogens with one attached hydrogen (secondary N) is 1. The van der Waals surface area contributed by atoms with Gasteiger partial charge in [-0.05, 0) is 74.8 Å². The van der Waals surface area contributed by atoms with Gasteiger partial charge in [-0.25, -0.2) is 9.59 Å². The second-order valence-corrected chi connectivity index (χ2v) is 12.7. The molecule has 5 rings (SSSR count). The van der Waals surface area contributed by atoms with Gasteiger partial charge in [0.1, 0.15) is 5.82 Å². The number of fused-ring (bicyclic) bond motifs is 1. The molecule has 3 aliphatic rings. The number of piperidine rings is 1. The van der Waals surface area contributed by atoms with Gasteiger partial charge in [-0.3, -0.25) is 19.6 Å². The number of alkyl halides is 3. The van der Waals surface area contributed by atoms with Crippen LogP contribution >= 0.6 is 0 Å². The molecule has 240 valence electrons. The second kappa shape index (κ2) is 12.1. The zero-order valence-electron chi connectivity index (χ0n) is 25.3. The molecule has 0 radical (unpaired) electrons. The first kappa shape index (κ1) is 31.9. The van der Waals surface area contributed by atoms with E-state index in [2.05, 4.69) is 15.2 Å². The van der Waals surface area contributed by atoms with Gasteiger partial charge in [0.05, 0.1) is 16.8 Å². The van der Waals surface area contributed by atoms with E-state index in [1.54, 1.807) is 18.7 Å². The lowest BCUT2D eigenvalue weighted by Crippen LogP contribution is -2.58. The first-order valence-electron chi connectivity index (χ1n) is 15.1. The molecule has 1 aromatic carbocycles. The zero-order valence-corrected chi connectivity index (χ0v) is 25.3. The lowest BCUT2D eigenvalue weighted by Gasteiger charge is -2.37. The molecule has 3 fully saturated rings. The number of hydrogen-bond donors (Lipinski definition) is 3. The third-order valence-electron chi connectivity index (χ3n) is 9.24. The van der Waals surface area contributed by atoms with E-state index in [4.69, 9.17) is 11.5 Å². The molecule has 1 aromatic heterocycles. The summed E-state index contributed by atoms with van der Waals surface area (Å²) in [6.45, 7) is 8.80. The van der Waals surface area contributed by atoms with E-state index in [-0.39, 0.29) is 48.5 Å². The highest BCUT2D eigenvalue weighted by Gasteiger charge is 2.55. The summed E-state index contributed by atoms with van der Waals surface area (Å²) in [6.07, 6.45) is -2.34. The summed E-state index contributed by atoms with van der Waals surface area (Å²) in [7, 11) is 0. The molecule has 11 nitrogen and oxygen atoms in total. The molecule has 3 heterocycles. The number of hydrogen-bond acceptors (Lipinski definition) is 7. The van der Waals surface area contributed by atoms with Gasteiger partial charge >= 0.3 is 17.9 Å². The lowest BCUT2D eigenvalue weighted by atomic mass is 9.96. The second-order valence-electron chi connectivity index (χ2n) is 12.7. The van der Waals surface area contributed by atoms with Crippen molar-refractivity contribution in [2.45, 2.75) is 51.4 Å². The Bertz CT molecular complexity index is 1440. The molecule has 3 atom stereocenters. The van der Waals surface area contributed by atoms with Gasteiger partial charge in [-0.2, -0.15) is 18.2 Å². The van der Waals surface area contributed by atoms with Crippen LogP contribution in [0.4, 0.5) is 23.8 Å². The van der Waals surface area contributed by atoms with E-state index >= 15 is 0 Å². The minimum Gasteiger partial charge on any atom is -0.338 e. The Morgan fingerprint density at radius 2 is 1.70 bits per heavy atom. The van der Waals surface area contributed by atoms with Crippen molar-refractivity contribution in [3.05, 3.63) is 52.1 Å². The molecule has 14 heteroatoms. The van der Waals surface area contributed by atoms with Gasteiger partial charge in [0.15, 0.2) is 0 Å². The molecule has 2 aromatic rings. The molecule has 0 bridgehead atoms. The standard InChI is InChI=1S/C30H41F3N8O3/c1-4-19(40-16-22-21(15-34)23(22)17-40)13-18-5-6-20(14-24(18)30(31,32)33)41-8-7-25(37-28(41)44)36-27(43)39-11-9-38(10-12-39)26(42)29(2,3)35/h5-8,14,19,21-23H,4,9-13,15-17,34-35H2,1-3H3,(H,36,37,43,44). The van der Waals surface area contributed by atoms with Crippen LogP contribution in [0.2, 0.25) is 0 Å². The third kappa shape index (κ3) is 6.61. The van der Waals surface area contributed by atoms with Crippen LogP contribution in [0.5, 0.6) is 0 Å². The number of piperazine rings is 1. The van der Waals surface area contributed by atoms with E-state index in [9.17, 15) is 27.6 Å². The number of urea groups is 1. The highest BCUT2D eigenvalue weighted by Crippen LogP contribution is 2.51. The number of carbonyl (C=O) groups excluding carboxylic acids is 2. The van der Waals surface area contributed by atoms with Crippen molar-refractivity contribution in [1.82, 2.24) is 24.3 Å². The smallest absolute Gasteiger partial charge is 0.338 e. The Morgan fingerprint density at radius 3 is 2.25 bits per heavy atom. The summed E-state index contributed by atoms with van der Waals surface area (Å²) in [6, 6.07) is 4.76. The summed E-state index contributed by atoms with van der Waals surface area (Å²) in [5.74, 6) is 1.40. The van der Waals surface area contributed by atoms with Crippen LogP contribution < -0.4 is 22.5 Å². The molecule has 2 saturated heterocycles. The number of anilines is 1. The van der Waals surface area contributed by atoms with Gasteiger partial charge in [-0.1, -0.05) is 13.0 Å². The number of rotatable bonds is 8. The molecule has 1 saturated carbocycles. The van der Waals surface area contributed by atoms with Gasteiger partial charge in [0, 0.05) is 51.5 Å². The maximum atomic E-state index is 14.2. The fourth-order valence-corrected chi connectivity index (χ4v) is 6.65. The van der Waals surface area contributed by atoms with E-state index in [0.717, 1.165) is 30.1 Å². The normalized spacial score (nSPS) is 23.0. The fraction of sp³-hybridized carbons (Fsp3) is 0.600. The molecule has 3 amide bonds. The summed E-state index contributed by atoms with van der Waals surface area (Å²) < 4.78 is 43.7. The minimum absolute atomic E-state index is 0.0172. The van der Waals surface area contributed by atoms with E-state index in [0.29, 0.717) is 37.4 Å². The Morgan fingerprint density at radius 1 is 1.07 bits per heavy atom. The maximum Gasteiger partial charge on any atom is 0.416 e. The minimum atomic E-state index is -4.61. The van der Waals surface area contributed by atoms with Gasteiger partial charge in [0.2, 0.25) is 5.91 Å². The maximum absolute atomic E-state index is 14.2. The number of amides is 3. The van der Waals surface area contributed by atoms with Crippen LogP contribution in [-0.4, -0.2) is 93.6 Å². The van der Waals surface area contributed by atoms with Gasteiger partial charge < -0.3 is 21.3 Å². The summed E-state index contributed by atoms with van der Waals surface area (Å²) in [5.41, 5.74) is 9.30. The Kier molecular flexibility index (Phi) is 8.80. The molecule has 1 aliphatic carbocycles. The van der Waals surface area contributed by atoms with Crippen molar-refractivity contribution in [2.75, 3.05) is 51.1 Å². The predicted octanol–water partition coefficient (Wildman–Crippen LogP) is 2.12. The Labute approximate surface area is 254 Å². The molecule has 0 spiro atoms. The highest BCUT2D eigenvalue weighted by atomic mass is 19.4. The molecule has 3 unspecified atom stereocenters. The molecule has 5 N–H and O–H groups in total. The zero-order chi connectivity index (χ0) is 32.0. The van der Waals surface area contributed by atoms with E-state index in [1.807, 2.05) is 6.92 Å². The Hall–Kier alpha value is -3.49. The quantitative estimate of drug-likeness (QED) is 0.411. The average Bonchev–Trinajstić information content (AvgIpc) is 3.44. The number of nitrogens with two attached hydrogens (primary N) is 2. The number of likely N-dealkylation sites (tertiary alicyclic amines) is 1. The fourth-order valence-electron chi connectivity index (χ4n) is 6.65. The number of halogens is 3. The largest absolute Gasteiger partial charge is 0.416 e. The number of aromatic nitrogens is 2. The highest BCUT2D eigenvalue weighted by molar-refractivity contribution is 5.89. The molecule has 2 aliphatic heterocycles. The molecular formula is C30H41F3N8O3. The number of nitrogens with zero attached hydrogens (tertiary/aromatic N) is 5. The van der Waals surface area contributed by atoms with Crippen molar-refractivity contribution >= 4 is 17.8 Å². The molecular weight excluding hydrogens is 577 g/mol. The van der Waals surface area contributed by atoms with Crippen molar-refractivity contribution in [3.63, 3.8) is 0 Å². The van der Waals surface area contributed by atoms with Crippen LogP contribution in [0, 0.1) is 17.8 Å². The average molecular weight is 619 g/mol. The van der Waals surface area contributed by atoms with Crippen LogP contribution in [0.3, 0.4) is 0 Å². The monoisotopic (exact) mass is 618 g/mol. The Balaban J connectivity index is 1.26. The van der Waals surface area contributed by atoms with Crippen LogP contribution in [0.15, 0.2) is 35.3 Å². The lowest BCUT2D eigenvalue weighted by molar-refractivity contribution is -0.138. The van der Waals surface area contributed by atoms with Gasteiger partial charge in [0.25, 0.3) is 0 Å². The van der Waals surface area contributed by atoms with E-state index < -0.39 is 29.0 Å². The van der Waals surface area contributed by atoms with Crippen LogP contribution in [0.1, 0.15) is 38.3 Å². The predicted molar refractivity (Wildman–Crippen MR) is 159 cm³/mol. The summed E-state index contributed by atoms with van der Waals surface area (Å²) in [5, 5.41) is 2.56. The van der Waals surface area contributed by atoms with Crippen molar-refractivity contribution in [2.24, 2.45) is 29.2 Å². The van der Waals surface area contributed by atoms with Crippen molar-refractivity contribution < 1.29 is 22.8 Å². The van der Waals surface area contributed by atoms with Crippen LogP contribution in [0.25, 0.3) is 5.69 Å².